The quantitative estimate of drug-likeness (QED) is 0.656. The molecule has 0 saturated heterocycles. The van der Waals surface area contributed by atoms with Crippen molar-refractivity contribution in [3.05, 3.63) is 12.0 Å². The highest BCUT2D eigenvalue weighted by Gasteiger charge is 2.21. The van der Waals surface area contributed by atoms with Crippen molar-refractivity contribution >= 4 is 17.1 Å². The smallest absolute Gasteiger partial charge is 0.222 e. The summed E-state index contributed by atoms with van der Waals surface area (Å²) in [6.07, 6.45) is 1.61. The summed E-state index contributed by atoms with van der Waals surface area (Å²) in [7, 11) is 0. The molecule has 5 heteroatoms. The van der Waals surface area contributed by atoms with Crippen LogP contribution >= 0.6 is 0 Å². The van der Waals surface area contributed by atoms with Crippen molar-refractivity contribution in [3.8, 4) is 0 Å². The van der Waals surface area contributed by atoms with Crippen LogP contribution in [-0.4, -0.2) is 19.9 Å². The molecule has 2 aromatic heterocycles. The number of fused-ring (bicyclic) bond motifs is 1. The van der Waals surface area contributed by atoms with Crippen molar-refractivity contribution < 1.29 is 0 Å². The molecule has 0 atom stereocenters. The van der Waals surface area contributed by atoms with Gasteiger partial charge in [-0.1, -0.05) is 20.8 Å². The van der Waals surface area contributed by atoms with E-state index in [1.54, 1.807) is 6.33 Å². The Balaban J connectivity index is 2.80. The molecule has 0 aromatic carbocycles. The van der Waals surface area contributed by atoms with Gasteiger partial charge in [-0.05, 0) is 0 Å². The van der Waals surface area contributed by atoms with Crippen LogP contribution in [0.5, 0.6) is 0 Å². The molecule has 0 bridgehead atoms. The number of nitrogens with one attached hydrogen (secondary N) is 1. The minimum absolute atomic E-state index is 0.0789. The first-order chi connectivity index (χ1) is 6.48. The zero-order valence-electron chi connectivity index (χ0n) is 8.50. The van der Waals surface area contributed by atoms with E-state index in [-0.39, 0.29) is 11.4 Å². The van der Waals surface area contributed by atoms with Gasteiger partial charge in [-0.3, -0.25) is 0 Å². The van der Waals surface area contributed by atoms with Crippen molar-refractivity contribution in [2.45, 2.75) is 26.2 Å². The van der Waals surface area contributed by atoms with E-state index >= 15 is 0 Å². The summed E-state index contributed by atoms with van der Waals surface area (Å²) < 4.78 is 0. The van der Waals surface area contributed by atoms with Gasteiger partial charge in [0, 0.05) is 5.41 Å². The minimum atomic E-state index is -0.0789. The molecule has 0 aliphatic heterocycles. The van der Waals surface area contributed by atoms with Gasteiger partial charge in [-0.2, -0.15) is 4.98 Å². The Hall–Kier alpha value is -1.65. The lowest BCUT2D eigenvalue weighted by molar-refractivity contribution is 0.574. The molecule has 3 N–H and O–H groups in total. The topological polar surface area (TPSA) is 80.5 Å². The molecule has 2 rings (SSSR count). The molecule has 2 heterocycles. The van der Waals surface area contributed by atoms with Crippen LogP contribution < -0.4 is 5.73 Å². The summed E-state index contributed by atoms with van der Waals surface area (Å²) in [5, 5.41) is 0. The van der Waals surface area contributed by atoms with Gasteiger partial charge in [0.25, 0.3) is 0 Å². The maximum atomic E-state index is 5.61. The monoisotopic (exact) mass is 191 g/mol. The van der Waals surface area contributed by atoms with E-state index in [2.05, 4.69) is 40.7 Å². The summed E-state index contributed by atoms with van der Waals surface area (Å²) in [6.45, 7) is 6.22. The number of hydrogen-bond acceptors (Lipinski definition) is 4. The second-order valence-corrected chi connectivity index (χ2v) is 4.28. The Morgan fingerprint density at radius 3 is 2.64 bits per heavy atom. The van der Waals surface area contributed by atoms with Gasteiger partial charge in [-0.15, -0.1) is 0 Å². The molecular formula is C9H13N5. The number of nitrogens with two attached hydrogens (primary N) is 1. The van der Waals surface area contributed by atoms with Gasteiger partial charge >= 0.3 is 0 Å². The zero-order valence-corrected chi connectivity index (χ0v) is 8.50. The van der Waals surface area contributed by atoms with Crippen LogP contribution in [0.15, 0.2) is 6.33 Å². The number of imidazole rings is 1. The second kappa shape index (κ2) is 2.67. The lowest BCUT2D eigenvalue weighted by Gasteiger charge is -2.17. The van der Waals surface area contributed by atoms with Gasteiger partial charge in [0.2, 0.25) is 5.95 Å². The summed E-state index contributed by atoms with van der Waals surface area (Å²) in [6, 6.07) is 0. The van der Waals surface area contributed by atoms with Crippen molar-refractivity contribution in [1.29, 1.82) is 0 Å². The average molecular weight is 191 g/mol. The normalized spacial score (nSPS) is 12.2. The minimum Gasteiger partial charge on any atom is -0.368 e. The summed E-state index contributed by atoms with van der Waals surface area (Å²) in [4.78, 5) is 15.4. The SMILES string of the molecule is CC(C)(C)c1nc(N)nc2[nH]cnc12. The highest BCUT2D eigenvalue weighted by Crippen LogP contribution is 2.25. The number of H-pyrrole nitrogens is 1. The number of nitrogen functional groups attached to an aromatic ring is 1. The van der Waals surface area contributed by atoms with E-state index < -0.39 is 0 Å². The third-order valence-electron chi connectivity index (χ3n) is 2.01. The molecule has 0 radical (unpaired) electrons. The first-order valence-corrected chi connectivity index (χ1v) is 4.45. The van der Waals surface area contributed by atoms with Gasteiger partial charge in [0.15, 0.2) is 5.65 Å². The van der Waals surface area contributed by atoms with E-state index in [4.69, 9.17) is 5.73 Å². The van der Waals surface area contributed by atoms with Crippen LogP contribution in [-0.2, 0) is 5.41 Å². The van der Waals surface area contributed by atoms with Crippen LogP contribution in [0.25, 0.3) is 11.2 Å². The van der Waals surface area contributed by atoms with Gasteiger partial charge < -0.3 is 10.7 Å². The maximum Gasteiger partial charge on any atom is 0.222 e. The summed E-state index contributed by atoms with van der Waals surface area (Å²) >= 11 is 0. The largest absolute Gasteiger partial charge is 0.368 e. The molecule has 2 aromatic rings. The van der Waals surface area contributed by atoms with Gasteiger partial charge in [0.1, 0.15) is 5.52 Å². The first-order valence-electron chi connectivity index (χ1n) is 4.45. The molecule has 0 spiro atoms. The highest BCUT2D eigenvalue weighted by molar-refractivity contribution is 5.74. The Bertz CT molecular complexity index is 465. The molecule has 0 amide bonds. The van der Waals surface area contributed by atoms with Crippen LogP contribution in [0, 0.1) is 0 Å². The van der Waals surface area contributed by atoms with E-state index in [9.17, 15) is 0 Å². The number of aromatic amines is 1. The molecular weight excluding hydrogens is 178 g/mol. The Labute approximate surface area is 81.8 Å². The highest BCUT2D eigenvalue weighted by atomic mass is 15.1. The Morgan fingerprint density at radius 2 is 2.00 bits per heavy atom. The third kappa shape index (κ3) is 1.30. The van der Waals surface area contributed by atoms with Crippen molar-refractivity contribution in [1.82, 2.24) is 19.9 Å². The van der Waals surface area contributed by atoms with E-state index in [0.717, 1.165) is 11.2 Å². The second-order valence-electron chi connectivity index (χ2n) is 4.28. The molecule has 0 aliphatic carbocycles. The third-order valence-corrected chi connectivity index (χ3v) is 2.01. The molecule has 5 nitrogen and oxygen atoms in total. The first kappa shape index (κ1) is 8.93. The molecule has 74 valence electrons. The standard InChI is InChI=1S/C9H13N5/c1-9(2,3)6-5-7(12-4-11-5)14-8(10)13-6/h4H,1-3H3,(H3,10,11,12,13,14). The number of nitrogens with zero attached hydrogens (tertiary/aromatic N) is 3. The fourth-order valence-electron chi connectivity index (χ4n) is 1.38. The van der Waals surface area contributed by atoms with Crippen LogP contribution in [0.4, 0.5) is 5.95 Å². The molecule has 0 fully saturated rings. The van der Waals surface area contributed by atoms with Crippen molar-refractivity contribution in [3.63, 3.8) is 0 Å². The molecule has 14 heavy (non-hydrogen) atoms. The fourth-order valence-corrected chi connectivity index (χ4v) is 1.38. The predicted octanol–water partition coefficient (Wildman–Crippen LogP) is 1.23. The summed E-state index contributed by atoms with van der Waals surface area (Å²) in [5.74, 6) is 0.284. The maximum absolute atomic E-state index is 5.61. The number of rotatable bonds is 0. The summed E-state index contributed by atoms with van der Waals surface area (Å²) in [5.41, 5.74) is 7.90. The molecule has 0 saturated carbocycles. The molecule has 0 aliphatic rings. The Kier molecular flexibility index (Phi) is 1.70. The van der Waals surface area contributed by atoms with Gasteiger partial charge in [-0.25, -0.2) is 9.97 Å². The zero-order chi connectivity index (χ0) is 10.3. The average Bonchev–Trinajstić information content (AvgIpc) is 2.47. The fraction of sp³-hybridized carbons (Fsp3) is 0.444. The predicted molar refractivity (Wildman–Crippen MR) is 54.8 cm³/mol. The lowest BCUT2D eigenvalue weighted by atomic mass is 9.91. The van der Waals surface area contributed by atoms with E-state index in [1.807, 2.05) is 0 Å². The van der Waals surface area contributed by atoms with E-state index in [1.165, 1.54) is 0 Å². The van der Waals surface area contributed by atoms with Gasteiger partial charge in [0.05, 0.1) is 12.0 Å². The Morgan fingerprint density at radius 1 is 1.29 bits per heavy atom. The number of hydrogen-bond donors (Lipinski definition) is 2. The molecule has 0 unspecified atom stereocenters. The van der Waals surface area contributed by atoms with Crippen LogP contribution in [0.2, 0.25) is 0 Å². The van der Waals surface area contributed by atoms with Crippen molar-refractivity contribution in [2.24, 2.45) is 0 Å². The van der Waals surface area contributed by atoms with Crippen molar-refractivity contribution in [2.75, 3.05) is 5.73 Å². The number of aromatic nitrogens is 4. The van der Waals surface area contributed by atoms with Crippen LogP contribution in [0.3, 0.4) is 0 Å². The number of anilines is 1. The lowest BCUT2D eigenvalue weighted by Crippen LogP contribution is -2.16. The van der Waals surface area contributed by atoms with E-state index in [0.29, 0.717) is 5.65 Å². The van der Waals surface area contributed by atoms with Crippen LogP contribution in [0.1, 0.15) is 26.5 Å².